The Morgan fingerprint density at radius 1 is 1.41 bits per heavy atom. The summed E-state index contributed by atoms with van der Waals surface area (Å²) < 4.78 is 0. The molecule has 2 nitrogen and oxygen atoms in total. The van der Waals surface area contributed by atoms with Crippen molar-refractivity contribution >= 4 is 5.97 Å². The summed E-state index contributed by atoms with van der Waals surface area (Å²) in [5.41, 5.74) is 0.628. The molecular formula is C15H26O2. The monoisotopic (exact) mass is 238 g/mol. The molecule has 2 aliphatic rings. The summed E-state index contributed by atoms with van der Waals surface area (Å²) in [6.45, 7) is 4.73. The van der Waals surface area contributed by atoms with Crippen LogP contribution in [0.2, 0.25) is 0 Å². The number of carbonyl (C=O) groups is 1. The molecule has 0 heterocycles. The lowest BCUT2D eigenvalue weighted by Gasteiger charge is -2.42. The first kappa shape index (κ1) is 12.9. The van der Waals surface area contributed by atoms with Gasteiger partial charge in [-0.15, -0.1) is 0 Å². The average molecular weight is 238 g/mol. The number of carboxylic acids is 1. The first-order valence-electron chi connectivity index (χ1n) is 7.23. The van der Waals surface area contributed by atoms with E-state index < -0.39 is 5.97 Å². The van der Waals surface area contributed by atoms with Crippen molar-refractivity contribution in [3.8, 4) is 0 Å². The van der Waals surface area contributed by atoms with Crippen molar-refractivity contribution in [3.05, 3.63) is 0 Å². The molecule has 17 heavy (non-hydrogen) atoms. The average Bonchev–Trinajstić information content (AvgIpc) is 2.66. The summed E-state index contributed by atoms with van der Waals surface area (Å²) in [6.07, 6.45) is 9.53. The Hall–Kier alpha value is -0.530. The van der Waals surface area contributed by atoms with Gasteiger partial charge in [-0.2, -0.15) is 0 Å². The molecule has 4 atom stereocenters. The lowest BCUT2D eigenvalue weighted by molar-refractivity contribution is -0.137. The molecule has 0 bridgehead atoms. The summed E-state index contributed by atoms with van der Waals surface area (Å²) in [5.74, 6) is 1.66. The van der Waals surface area contributed by atoms with Crippen molar-refractivity contribution in [2.75, 3.05) is 0 Å². The van der Waals surface area contributed by atoms with Gasteiger partial charge in [0, 0.05) is 6.42 Å². The van der Waals surface area contributed by atoms with E-state index in [0.717, 1.165) is 18.3 Å². The quantitative estimate of drug-likeness (QED) is 0.800. The van der Waals surface area contributed by atoms with E-state index in [4.69, 9.17) is 5.11 Å². The Labute approximate surface area is 105 Å². The smallest absolute Gasteiger partial charge is 0.303 e. The van der Waals surface area contributed by atoms with Crippen LogP contribution in [0.15, 0.2) is 0 Å². The van der Waals surface area contributed by atoms with E-state index in [0.29, 0.717) is 17.8 Å². The fourth-order valence-electron chi connectivity index (χ4n) is 4.14. The topological polar surface area (TPSA) is 37.3 Å². The summed E-state index contributed by atoms with van der Waals surface area (Å²) in [5, 5.41) is 8.75. The van der Waals surface area contributed by atoms with Crippen molar-refractivity contribution in [1.29, 1.82) is 0 Å². The van der Waals surface area contributed by atoms with Gasteiger partial charge in [0.05, 0.1) is 0 Å². The number of hydrogen-bond acceptors (Lipinski definition) is 1. The van der Waals surface area contributed by atoms with Crippen LogP contribution in [-0.4, -0.2) is 11.1 Å². The van der Waals surface area contributed by atoms with Crippen molar-refractivity contribution in [2.45, 2.75) is 65.2 Å². The highest BCUT2D eigenvalue weighted by atomic mass is 16.4. The molecule has 2 heteroatoms. The summed E-state index contributed by atoms with van der Waals surface area (Å²) in [4.78, 5) is 10.6. The van der Waals surface area contributed by atoms with Gasteiger partial charge in [0.1, 0.15) is 0 Å². The zero-order valence-corrected chi connectivity index (χ0v) is 11.2. The Morgan fingerprint density at radius 2 is 2.18 bits per heavy atom. The van der Waals surface area contributed by atoms with E-state index in [-0.39, 0.29) is 0 Å². The van der Waals surface area contributed by atoms with Crippen LogP contribution in [-0.2, 0) is 4.79 Å². The van der Waals surface area contributed by atoms with E-state index in [9.17, 15) is 4.79 Å². The number of hydrogen-bond donors (Lipinski definition) is 1. The van der Waals surface area contributed by atoms with Crippen LogP contribution in [0.3, 0.4) is 0 Å². The predicted molar refractivity (Wildman–Crippen MR) is 68.8 cm³/mol. The third-order valence-corrected chi connectivity index (χ3v) is 5.58. The molecule has 1 unspecified atom stereocenters. The van der Waals surface area contributed by atoms with Gasteiger partial charge in [0.15, 0.2) is 0 Å². The fourth-order valence-corrected chi connectivity index (χ4v) is 4.14. The zero-order chi connectivity index (χ0) is 12.5. The molecule has 2 saturated carbocycles. The Balaban J connectivity index is 1.85. The van der Waals surface area contributed by atoms with Crippen molar-refractivity contribution < 1.29 is 9.90 Å². The first-order valence-corrected chi connectivity index (χ1v) is 7.23. The maximum absolute atomic E-state index is 10.6. The molecule has 98 valence electrons. The maximum atomic E-state index is 10.6. The normalized spacial score (nSPS) is 38.7. The molecule has 0 radical (unpaired) electrons. The minimum atomic E-state index is -0.640. The minimum absolute atomic E-state index is 0.347. The second kappa shape index (κ2) is 4.99. The largest absolute Gasteiger partial charge is 0.481 e. The summed E-state index contributed by atoms with van der Waals surface area (Å²) in [7, 11) is 0. The van der Waals surface area contributed by atoms with E-state index in [1.54, 1.807) is 0 Å². The highest BCUT2D eigenvalue weighted by Crippen LogP contribution is 2.54. The Morgan fingerprint density at radius 3 is 2.88 bits per heavy atom. The van der Waals surface area contributed by atoms with Crippen LogP contribution >= 0.6 is 0 Å². The predicted octanol–water partition coefficient (Wildman–Crippen LogP) is 4.09. The van der Waals surface area contributed by atoms with Crippen LogP contribution in [0.1, 0.15) is 65.2 Å². The molecule has 0 aromatic carbocycles. The molecule has 0 aliphatic heterocycles. The molecule has 2 aliphatic carbocycles. The van der Waals surface area contributed by atoms with E-state index >= 15 is 0 Å². The minimum Gasteiger partial charge on any atom is -0.481 e. The van der Waals surface area contributed by atoms with Gasteiger partial charge >= 0.3 is 5.97 Å². The summed E-state index contributed by atoms with van der Waals surface area (Å²) in [6, 6.07) is 0. The van der Waals surface area contributed by atoms with Gasteiger partial charge in [-0.25, -0.2) is 0 Å². The molecule has 0 aromatic heterocycles. The second-order valence-electron chi connectivity index (χ2n) is 6.69. The number of fused-ring (bicyclic) bond motifs is 1. The molecule has 0 amide bonds. The lowest BCUT2D eigenvalue weighted by atomic mass is 9.63. The molecule has 0 aromatic rings. The van der Waals surface area contributed by atoms with Gasteiger partial charge in [-0.05, 0) is 61.7 Å². The van der Waals surface area contributed by atoms with Gasteiger partial charge in [-0.1, -0.05) is 20.3 Å². The molecule has 0 saturated heterocycles. The van der Waals surface area contributed by atoms with Crippen molar-refractivity contribution in [2.24, 2.45) is 23.2 Å². The number of aliphatic carboxylic acids is 1. The van der Waals surface area contributed by atoms with Crippen LogP contribution in [0.5, 0.6) is 0 Å². The second-order valence-corrected chi connectivity index (χ2v) is 6.69. The Kier molecular flexibility index (Phi) is 3.79. The highest BCUT2D eigenvalue weighted by Gasteiger charge is 2.43. The van der Waals surface area contributed by atoms with Crippen LogP contribution in [0, 0.1) is 23.2 Å². The number of carboxylic acid groups (broad SMARTS) is 1. The van der Waals surface area contributed by atoms with Crippen LogP contribution in [0.4, 0.5) is 0 Å². The standard InChI is InChI=1S/C15H26O2/c1-11(5-6-14(16)17)12-7-9-15(2)8-3-4-13(15)10-12/h11-13H,3-10H2,1-2H3,(H,16,17)/t11-,12-,13?,15-/m0/s1. The fraction of sp³-hybridized carbons (Fsp3) is 0.933. The molecule has 1 N–H and O–H groups in total. The van der Waals surface area contributed by atoms with Crippen LogP contribution in [0.25, 0.3) is 0 Å². The number of rotatable bonds is 4. The van der Waals surface area contributed by atoms with E-state index in [1.807, 2.05) is 0 Å². The third kappa shape index (κ3) is 2.83. The highest BCUT2D eigenvalue weighted by molar-refractivity contribution is 5.66. The Bertz CT molecular complexity index is 287. The van der Waals surface area contributed by atoms with Gasteiger partial charge < -0.3 is 5.11 Å². The van der Waals surface area contributed by atoms with Gasteiger partial charge in [-0.3, -0.25) is 4.79 Å². The molecule has 2 fully saturated rings. The van der Waals surface area contributed by atoms with E-state index in [1.165, 1.54) is 38.5 Å². The van der Waals surface area contributed by atoms with Crippen molar-refractivity contribution in [1.82, 2.24) is 0 Å². The molecule has 0 spiro atoms. The summed E-state index contributed by atoms with van der Waals surface area (Å²) >= 11 is 0. The maximum Gasteiger partial charge on any atom is 0.303 e. The first-order chi connectivity index (χ1) is 8.01. The molecule has 2 rings (SSSR count). The van der Waals surface area contributed by atoms with Gasteiger partial charge in [0.2, 0.25) is 0 Å². The van der Waals surface area contributed by atoms with Crippen molar-refractivity contribution in [3.63, 3.8) is 0 Å². The van der Waals surface area contributed by atoms with E-state index in [2.05, 4.69) is 13.8 Å². The van der Waals surface area contributed by atoms with Crippen LogP contribution < -0.4 is 0 Å². The zero-order valence-electron chi connectivity index (χ0n) is 11.2. The SMILES string of the molecule is C[C@@H](CCC(=O)O)[C@H]1CC[C@]2(C)CCCC2C1. The lowest BCUT2D eigenvalue weighted by Crippen LogP contribution is -2.32. The molecular weight excluding hydrogens is 212 g/mol. The van der Waals surface area contributed by atoms with Gasteiger partial charge in [0.25, 0.3) is 0 Å². The third-order valence-electron chi connectivity index (χ3n) is 5.58.